The number of nitrogens with zero attached hydrogens (tertiary/aromatic N) is 2. The second-order valence-electron chi connectivity index (χ2n) is 15.1. The van der Waals surface area contributed by atoms with Crippen LogP contribution in [0.1, 0.15) is 62.4 Å². The molecular weight excluding hydrogens is 775 g/mol. The van der Waals surface area contributed by atoms with Gasteiger partial charge in [0.2, 0.25) is 29.5 Å². The lowest BCUT2D eigenvalue weighted by atomic mass is 10.0. The Kier molecular flexibility index (Phi) is 21.8. The second-order valence-corrected chi connectivity index (χ2v) is 15.1. The molecule has 0 spiro atoms. The molecular formula is C42H64N9O9+. The van der Waals surface area contributed by atoms with Crippen LogP contribution in [0.25, 0.3) is 0 Å². The molecule has 60 heavy (non-hydrogen) atoms. The van der Waals surface area contributed by atoms with Gasteiger partial charge in [-0.3, -0.25) is 43.6 Å². The number of ether oxygens (including phenoxy) is 1. The molecule has 18 nitrogen and oxygen atoms in total. The van der Waals surface area contributed by atoms with Gasteiger partial charge in [0.25, 0.3) is 5.91 Å². The molecule has 0 saturated carbocycles. The number of unbranched alkanes of at least 4 members (excludes halogenated alkanes) is 1. The maximum atomic E-state index is 13.8. The van der Waals surface area contributed by atoms with Crippen LogP contribution in [-0.2, 0) is 39.9 Å². The van der Waals surface area contributed by atoms with Gasteiger partial charge in [-0.15, -0.1) is 0 Å². The Morgan fingerprint density at radius 2 is 1.27 bits per heavy atom. The smallest absolute Gasteiger partial charge is 0.347 e. The van der Waals surface area contributed by atoms with Crippen molar-refractivity contribution in [2.75, 3.05) is 55.0 Å². The number of hydrogen-bond acceptors (Lipinski definition) is 9. The van der Waals surface area contributed by atoms with Crippen LogP contribution in [0.2, 0.25) is 0 Å². The molecule has 0 unspecified atom stereocenters. The van der Waals surface area contributed by atoms with Gasteiger partial charge in [-0.25, -0.2) is 4.79 Å². The van der Waals surface area contributed by atoms with E-state index in [1.165, 1.54) is 6.92 Å². The Bertz CT molecular complexity index is 1750. The third-order valence-corrected chi connectivity index (χ3v) is 9.14. The fourth-order valence-electron chi connectivity index (χ4n) is 6.06. The van der Waals surface area contributed by atoms with Gasteiger partial charge in [-0.1, -0.05) is 62.4 Å². The maximum absolute atomic E-state index is 13.8. The summed E-state index contributed by atoms with van der Waals surface area (Å²) in [5, 5.41) is 28.7. The van der Waals surface area contributed by atoms with E-state index in [1.807, 2.05) is 51.5 Å². The van der Waals surface area contributed by atoms with Crippen LogP contribution in [0, 0.1) is 5.92 Å². The van der Waals surface area contributed by atoms with Gasteiger partial charge in [0.1, 0.15) is 24.2 Å². The number of guanidine groups is 1. The van der Waals surface area contributed by atoms with Crippen molar-refractivity contribution in [3.8, 4) is 0 Å². The van der Waals surface area contributed by atoms with Gasteiger partial charge in [0, 0.05) is 12.0 Å². The lowest BCUT2D eigenvalue weighted by Crippen LogP contribution is -2.59. The topological polar surface area (TPSA) is 239 Å². The molecule has 2 aromatic carbocycles. The zero-order valence-electron chi connectivity index (χ0n) is 36.0. The number of rotatable bonds is 23. The second kappa shape index (κ2) is 26.1. The Morgan fingerprint density at radius 1 is 0.700 bits per heavy atom. The van der Waals surface area contributed by atoms with Crippen LogP contribution in [-0.4, -0.2) is 147 Å². The molecule has 6 amide bonds. The molecule has 0 saturated heterocycles. The zero-order valence-corrected chi connectivity index (χ0v) is 36.0. The summed E-state index contributed by atoms with van der Waals surface area (Å²) in [5.41, 5.74) is 1.09. The molecule has 0 aliphatic carbocycles. The highest BCUT2D eigenvalue weighted by Crippen LogP contribution is 2.10. The number of hydrogen-bond donors (Lipinski definition) is 8. The predicted molar refractivity (Wildman–Crippen MR) is 225 cm³/mol. The fourth-order valence-corrected chi connectivity index (χ4v) is 6.06. The van der Waals surface area contributed by atoms with Crippen LogP contribution in [0.15, 0.2) is 60.7 Å². The quantitative estimate of drug-likeness (QED) is 0.0228. The maximum Gasteiger partial charge on any atom is 0.347 e. The highest BCUT2D eigenvalue weighted by Gasteiger charge is 2.32. The molecule has 2 aromatic rings. The van der Waals surface area contributed by atoms with Gasteiger partial charge >= 0.3 is 11.9 Å². The number of aliphatic hydroxyl groups is 1. The summed E-state index contributed by atoms with van der Waals surface area (Å²) < 4.78 is 6.60. The van der Waals surface area contributed by atoms with Gasteiger partial charge in [0.15, 0.2) is 6.04 Å². The standard InChI is InChI=1S/C42H63N9O9/c1-27(2)23-32(40(58)47-31(38(56)49-34(26-52)41(59)60-8)21-15-16-22-43-42(50(4)5)51(6)7)48-36(54)28(3)45-39(57)33(24-29-17-11-9-12-18-29)46-35(53)25-44-37(55)30-19-13-10-14-20-30/h9-14,17-20,27-28,31-34,52H,15-16,21-26H2,1-8H3,(H6,44,45,46,47,48,49,53,54,55,56,57,58)/p+1/t28-,31-,32-,33-,34-/m0/s1. The molecule has 0 heterocycles. The molecule has 0 bridgehead atoms. The third kappa shape index (κ3) is 17.8. The van der Waals surface area contributed by atoms with E-state index < -0.39 is 84.8 Å². The first-order valence-electron chi connectivity index (χ1n) is 20.0. The number of carbonyl (C=O) groups excluding carboxylic acids is 7. The summed E-state index contributed by atoms with van der Waals surface area (Å²) in [5.74, 6) is -3.94. The van der Waals surface area contributed by atoms with Crippen LogP contribution in [0.3, 0.4) is 0 Å². The Labute approximate surface area is 352 Å². The number of nitrogens with one attached hydrogen (secondary N) is 7. The summed E-state index contributed by atoms with van der Waals surface area (Å²) >= 11 is 0. The largest absolute Gasteiger partial charge is 0.467 e. The van der Waals surface area contributed by atoms with E-state index in [0.29, 0.717) is 24.9 Å². The Hall–Kier alpha value is -6.04. The van der Waals surface area contributed by atoms with Crippen molar-refractivity contribution in [1.29, 1.82) is 0 Å². The van der Waals surface area contributed by atoms with Crippen molar-refractivity contribution in [2.24, 2.45) is 5.92 Å². The fraction of sp³-hybridized carbons (Fsp3) is 0.524. The monoisotopic (exact) mass is 838 g/mol. The third-order valence-electron chi connectivity index (χ3n) is 9.14. The molecule has 8 N–H and O–H groups in total. The molecule has 2 rings (SSSR count). The molecule has 330 valence electrons. The Balaban J connectivity index is 2.18. The van der Waals surface area contributed by atoms with Gasteiger partial charge in [-0.05, 0) is 56.2 Å². The lowest BCUT2D eigenvalue weighted by molar-refractivity contribution is -0.472. The highest BCUT2D eigenvalue weighted by atomic mass is 16.5. The van der Waals surface area contributed by atoms with Crippen LogP contribution in [0.4, 0.5) is 0 Å². The van der Waals surface area contributed by atoms with E-state index in [4.69, 9.17) is 0 Å². The van der Waals surface area contributed by atoms with E-state index in [1.54, 1.807) is 60.7 Å². The molecule has 0 aliphatic heterocycles. The van der Waals surface area contributed by atoms with Crippen LogP contribution in [0.5, 0.6) is 0 Å². The first kappa shape index (κ1) is 50.1. The molecule has 0 radical (unpaired) electrons. The molecule has 0 aliphatic rings. The predicted octanol–water partition coefficient (Wildman–Crippen LogP) is -0.736. The number of benzene rings is 2. The number of amides is 6. The van der Waals surface area contributed by atoms with Crippen LogP contribution >= 0.6 is 0 Å². The number of esters is 1. The first-order chi connectivity index (χ1) is 28.5. The number of carbonyl (C=O) groups is 7. The normalized spacial score (nSPS) is 13.2. The first-order valence-corrected chi connectivity index (χ1v) is 20.0. The van der Waals surface area contributed by atoms with E-state index >= 15 is 0 Å². The van der Waals surface area contributed by atoms with Crippen molar-refractivity contribution in [3.05, 3.63) is 71.8 Å². The van der Waals surface area contributed by atoms with E-state index in [0.717, 1.165) is 18.6 Å². The molecule has 18 heteroatoms. The van der Waals surface area contributed by atoms with Gasteiger partial charge < -0.3 is 41.7 Å². The highest BCUT2D eigenvalue weighted by molar-refractivity contribution is 5.98. The average Bonchev–Trinajstić information content (AvgIpc) is 3.21. The van der Waals surface area contributed by atoms with Crippen molar-refractivity contribution < 1.29 is 48.0 Å². The number of aliphatic hydroxyl groups excluding tert-OH is 1. The SMILES string of the molecule is COC(=O)[C@H](CO)NC(=O)[C@H](CCCCNC(N(C)C)=[N+](C)C)NC(=O)[C@H](CC(C)C)NC(=O)[C@H](C)NC(=O)[C@H](Cc1ccccc1)NC(=O)CNC(=O)c1ccccc1. The van der Waals surface area contributed by atoms with Crippen molar-refractivity contribution in [2.45, 2.75) is 83.1 Å². The lowest BCUT2D eigenvalue weighted by Gasteiger charge is -2.27. The molecule has 0 fully saturated rings. The number of methoxy groups -OCH3 is 1. The van der Waals surface area contributed by atoms with Crippen LogP contribution < -0.4 is 37.2 Å². The summed E-state index contributed by atoms with van der Waals surface area (Å²) in [4.78, 5) is 94.1. The average molecular weight is 839 g/mol. The summed E-state index contributed by atoms with van der Waals surface area (Å²) in [7, 11) is 8.73. The van der Waals surface area contributed by atoms with E-state index in [9.17, 15) is 38.7 Å². The summed E-state index contributed by atoms with van der Waals surface area (Å²) in [6.45, 7) is 4.56. The minimum Gasteiger partial charge on any atom is -0.467 e. The summed E-state index contributed by atoms with van der Waals surface area (Å²) in [6.07, 6.45) is 1.51. The van der Waals surface area contributed by atoms with Gasteiger partial charge in [0.05, 0.1) is 55.0 Å². The Morgan fingerprint density at radius 3 is 1.83 bits per heavy atom. The van der Waals surface area contributed by atoms with E-state index in [2.05, 4.69) is 42.0 Å². The molecule has 5 atom stereocenters. The minimum atomic E-state index is -1.36. The molecule has 0 aromatic heterocycles. The minimum absolute atomic E-state index is 0.0785. The van der Waals surface area contributed by atoms with Gasteiger partial charge in [-0.2, -0.15) is 0 Å². The van der Waals surface area contributed by atoms with Crippen molar-refractivity contribution >= 4 is 47.4 Å². The summed E-state index contributed by atoms with van der Waals surface area (Å²) in [6, 6.07) is 11.3. The van der Waals surface area contributed by atoms with Crippen molar-refractivity contribution in [1.82, 2.24) is 42.1 Å². The van der Waals surface area contributed by atoms with E-state index in [-0.39, 0.29) is 25.2 Å². The zero-order chi connectivity index (χ0) is 44.8. The van der Waals surface area contributed by atoms with Crippen molar-refractivity contribution in [3.63, 3.8) is 0 Å².